The average Bonchev–Trinajstić information content (AvgIpc) is 2.76. The molecule has 0 unspecified atom stereocenters. The predicted octanol–water partition coefficient (Wildman–Crippen LogP) is 1.96. The summed E-state index contributed by atoms with van der Waals surface area (Å²) in [6.07, 6.45) is 6.44. The van der Waals surface area contributed by atoms with Crippen molar-refractivity contribution in [1.29, 1.82) is 0 Å². The molecule has 0 aliphatic carbocycles. The van der Waals surface area contributed by atoms with Crippen LogP contribution in [0.1, 0.15) is 62.1 Å². The van der Waals surface area contributed by atoms with Crippen molar-refractivity contribution in [3.8, 4) is 0 Å². The molecule has 0 aromatic carbocycles. The molecule has 2 aliphatic rings. The molecule has 0 radical (unpaired) electrons. The van der Waals surface area contributed by atoms with E-state index in [0.717, 1.165) is 51.1 Å². The van der Waals surface area contributed by atoms with Crippen molar-refractivity contribution in [3.05, 3.63) is 27.9 Å². The first-order valence-corrected chi connectivity index (χ1v) is 9.58. The summed E-state index contributed by atoms with van der Waals surface area (Å²) in [5.74, 6) is 0.320. The van der Waals surface area contributed by atoms with E-state index in [1.54, 1.807) is 6.07 Å². The topological polar surface area (TPSA) is 78.1 Å². The number of hydrogen-bond donors (Lipinski definition) is 2. The summed E-state index contributed by atoms with van der Waals surface area (Å²) in [6, 6.07) is 1.76. The van der Waals surface area contributed by atoms with Crippen molar-refractivity contribution in [2.24, 2.45) is 11.3 Å². The van der Waals surface area contributed by atoms with Crippen LogP contribution in [0.15, 0.2) is 10.9 Å². The molecule has 25 heavy (non-hydrogen) atoms. The Kier molecular flexibility index (Phi) is 5.57. The molecule has 138 valence electrons. The molecule has 3 heterocycles. The maximum absolute atomic E-state index is 12.9. The average molecular weight is 346 g/mol. The quantitative estimate of drug-likeness (QED) is 0.877. The Morgan fingerprint density at radius 2 is 2.00 bits per heavy atom. The Hall–Kier alpha value is -1.69. The van der Waals surface area contributed by atoms with Crippen molar-refractivity contribution in [3.63, 3.8) is 0 Å². The molecule has 1 spiro atoms. The Labute approximate surface area is 149 Å². The summed E-state index contributed by atoms with van der Waals surface area (Å²) in [5, 5.41) is 3.44. The van der Waals surface area contributed by atoms with Gasteiger partial charge in [-0.25, -0.2) is 4.79 Å². The van der Waals surface area contributed by atoms with Gasteiger partial charge in [0.05, 0.1) is 0 Å². The Bertz CT molecular complexity index is 662. The van der Waals surface area contributed by atoms with E-state index in [9.17, 15) is 9.59 Å². The predicted molar refractivity (Wildman–Crippen MR) is 97.7 cm³/mol. The zero-order chi connectivity index (χ0) is 17.9. The molecular weight excluding hydrogens is 316 g/mol. The summed E-state index contributed by atoms with van der Waals surface area (Å²) in [4.78, 5) is 33.3. The number of likely N-dealkylation sites (tertiary alicyclic amines) is 1. The normalized spacial score (nSPS) is 20.7. The van der Waals surface area contributed by atoms with Crippen LogP contribution in [0.5, 0.6) is 0 Å². The number of H-pyrrole nitrogens is 1. The second-order valence-electron chi connectivity index (χ2n) is 8.09. The van der Waals surface area contributed by atoms with Gasteiger partial charge in [-0.05, 0) is 69.0 Å². The number of carbonyl (C=O) groups is 1. The molecule has 6 nitrogen and oxygen atoms in total. The van der Waals surface area contributed by atoms with Gasteiger partial charge in [0.25, 0.3) is 5.91 Å². The molecule has 0 saturated carbocycles. The van der Waals surface area contributed by atoms with Gasteiger partial charge in [0.15, 0.2) is 0 Å². The van der Waals surface area contributed by atoms with Gasteiger partial charge >= 0.3 is 5.69 Å². The first-order chi connectivity index (χ1) is 12.0. The third-order valence-electron chi connectivity index (χ3n) is 5.65. The molecule has 0 atom stereocenters. The molecule has 1 aromatic heterocycles. The third kappa shape index (κ3) is 4.48. The lowest BCUT2D eigenvalue weighted by Gasteiger charge is -2.37. The van der Waals surface area contributed by atoms with Crippen LogP contribution in [0.2, 0.25) is 0 Å². The van der Waals surface area contributed by atoms with Crippen LogP contribution in [-0.4, -0.2) is 47.0 Å². The second-order valence-corrected chi connectivity index (χ2v) is 8.09. The molecule has 3 rings (SSSR count). The standard InChI is InChI=1S/C19H30N4O2/c1-14(2)12-15-13-16(22-18(25)21-15)17(24)23-10-3-4-19(7-11-23)5-8-20-9-6-19/h13-14,20H,3-12H2,1-2H3,(H,21,22,25). The number of carbonyl (C=O) groups excluding carboxylic acids is 1. The minimum Gasteiger partial charge on any atom is -0.337 e. The summed E-state index contributed by atoms with van der Waals surface area (Å²) >= 11 is 0. The highest BCUT2D eigenvalue weighted by atomic mass is 16.2. The number of nitrogens with one attached hydrogen (secondary N) is 2. The van der Waals surface area contributed by atoms with E-state index in [1.807, 2.05) is 4.90 Å². The van der Waals surface area contributed by atoms with Crippen LogP contribution in [0.4, 0.5) is 0 Å². The molecule has 1 aromatic rings. The van der Waals surface area contributed by atoms with Crippen LogP contribution >= 0.6 is 0 Å². The molecule has 2 aliphatic heterocycles. The number of rotatable bonds is 3. The number of amides is 1. The fourth-order valence-electron chi connectivity index (χ4n) is 4.24. The van der Waals surface area contributed by atoms with Crippen LogP contribution in [0, 0.1) is 11.3 Å². The molecule has 1 amide bonds. The van der Waals surface area contributed by atoms with Crippen molar-refractivity contribution in [2.45, 2.75) is 52.4 Å². The largest absolute Gasteiger partial charge is 0.345 e. The third-order valence-corrected chi connectivity index (χ3v) is 5.65. The smallest absolute Gasteiger partial charge is 0.337 e. The highest BCUT2D eigenvalue weighted by molar-refractivity contribution is 5.92. The summed E-state index contributed by atoms with van der Waals surface area (Å²) < 4.78 is 0. The lowest BCUT2D eigenvalue weighted by molar-refractivity contribution is 0.0744. The first-order valence-electron chi connectivity index (χ1n) is 9.58. The van der Waals surface area contributed by atoms with Crippen molar-refractivity contribution < 1.29 is 4.79 Å². The first kappa shape index (κ1) is 18.1. The van der Waals surface area contributed by atoms with E-state index >= 15 is 0 Å². The maximum atomic E-state index is 12.9. The van der Waals surface area contributed by atoms with E-state index in [1.165, 1.54) is 19.3 Å². The van der Waals surface area contributed by atoms with Crippen molar-refractivity contribution in [1.82, 2.24) is 20.2 Å². The van der Waals surface area contributed by atoms with Crippen LogP contribution in [0.3, 0.4) is 0 Å². The van der Waals surface area contributed by atoms with Gasteiger partial charge < -0.3 is 15.2 Å². The van der Waals surface area contributed by atoms with Crippen molar-refractivity contribution in [2.75, 3.05) is 26.2 Å². The molecular formula is C19H30N4O2. The fraction of sp³-hybridized carbons (Fsp3) is 0.737. The van der Waals surface area contributed by atoms with Gasteiger partial charge in [0, 0.05) is 18.8 Å². The van der Waals surface area contributed by atoms with E-state index < -0.39 is 5.69 Å². The van der Waals surface area contributed by atoms with Gasteiger partial charge in [0.2, 0.25) is 0 Å². The molecule has 6 heteroatoms. The van der Waals surface area contributed by atoms with Gasteiger partial charge in [-0.2, -0.15) is 4.98 Å². The molecule has 2 fully saturated rings. The van der Waals surface area contributed by atoms with Crippen molar-refractivity contribution >= 4 is 5.91 Å². The summed E-state index contributed by atoms with van der Waals surface area (Å²) in [5.41, 5.74) is 1.06. The minimum absolute atomic E-state index is 0.0953. The van der Waals surface area contributed by atoms with E-state index in [4.69, 9.17) is 0 Å². The number of aromatic amines is 1. The Morgan fingerprint density at radius 1 is 1.24 bits per heavy atom. The number of aromatic nitrogens is 2. The summed E-state index contributed by atoms with van der Waals surface area (Å²) in [6.45, 7) is 7.89. The van der Waals surface area contributed by atoms with Gasteiger partial charge in [-0.15, -0.1) is 0 Å². The van der Waals surface area contributed by atoms with E-state index in [-0.39, 0.29) is 5.91 Å². The lowest BCUT2D eigenvalue weighted by Crippen LogP contribution is -2.38. The van der Waals surface area contributed by atoms with Crippen LogP contribution in [0.25, 0.3) is 0 Å². The maximum Gasteiger partial charge on any atom is 0.345 e. The number of nitrogens with zero attached hydrogens (tertiary/aromatic N) is 2. The van der Waals surface area contributed by atoms with E-state index in [2.05, 4.69) is 29.1 Å². The second kappa shape index (κ2) is 7.68. The number of piperidine rings is 1. The zero-order valence-electron chi connectivity index (χ0n) is 15.4. The highest BCUT2D eigenvalue weighted by Gasteiger charge is 2.35. The Balaban J connectivity index is 1.72. The monoisotopic (exact) mass is 346 g/mol. The van der Waals surface area contributed by atoms with Gasteiger partial charge in [0.1, 0.15) is 5.69 Å². The molecule has 2 saturated heterocycles. The Morgan fingerprint density at radius 3 is 2.72 bits per heavy atom. The molecule has 0 bridgehead atoms. The summed E-state index contributed by atoms with van der Waals surface area (Å²) in [7, 11) is 0. The van der Waals surface area contributed by atoms with Gasteiger partial charge in [-0.3, -0.25) is 4.79 Å². The molecule has 2 N–H and O–H groups in total. The minimum atomic E-state index is -0.425. The lowest BCUT2D eigenvalue weighted by atomic mass is 9.73. The van der Waals surface area contributed by atoms with Crippen LogP contribution < -0.4 is 11.0 Å². The zero-order valence-corrected chi connectivity index (χ0v) is 15.4. The highest BCUT2D eigenvalue weighted by Crippen LogP contribution is 2.39. The van der Waals surface area contributed by atoms with E-state index in [0.29, 0.717) is 17.0 Å². The SMILES string of the molecule is CC(C)Cc1cc(C(=O)N2CCCC3(CCNCC3)CC2)nc(=O)[nH]1. The number of hydrogen-bond acceptors (Lipinski definition) is 4. The van der Waals surface area contributed by atoms with Crippen LogP contribution in [-0.2, 0) is 6.42 Å². The fourth-order valence-corrected chi connectivity index (χ4v) is 4.24. The van der Waals surface area contributed by atoms with Gasteiger partial charge in [-0.1, -0.05) is 13.8 Å².